The summed E-state index contributed by atoms with van der Waals surface area (Å²) in [6, 6.07) is 0.382. The maximum atomic E-state index is 14.7. The molecule has 0 amide bonds. The van der Waals surface area contributed by atoms with Gasteiger partial charge >= 0.3 is 12.5 Å². The molecule has 2 aromatic rings. The second kappa shape index (κ2) is 9.92. The first-order valence-electron chi connectivity index (χ1n) is 12.1. The van der Waals surface area contributed by atoms with Gasteiger partial charge in [0.2, 0.25) is 5.88 Å². The molecule has 0 bridgehead atoms. The summed E-state index contributed by atoms with van der Waals surface area (Å²) in [5, 5.41) is 18.5. The van der Waals surface area contributed by atoms with Crippen LogP contribution in [0.1, 0.15) is 37.8 Å². The van der Waals surface area contributed by atoms with Crippen LogP contribution in [0.25, 0.3) is 10.9 Å². The van der Waals surface area contributed by atoms with E-state index in [2.05, 4.69) is 19.9 Å². The van der Waals surface area contributed by atoms with Crippen molar-refractivity contribution in [2.75, 3.05) is 38.3 Å². The molecule has 0 aromatic carbocycles. The first-order chi connectivity index (χ1) is 16.9. The number of alkyl halides is 1. The third-order valence-electron chi connectivity index (χ3n) is 6.99. The van der Waals surface area contributed by atoms with Gasteiger partial charge in [0.25, 0.3) is 0 Å². The quantitative estimate of drug-likeness (QED) is 0.608. The molecule has 2 N–H and O–H groups in total. The van der Waals surface area contributed by atoms with Gasteiger partial charge in [-0.25, -0.2) is 13.8 Å². The molecule has 0 radical (unpaired) electrons. The van der Waals surface area contributed by atoms with Crippen LogP contribution in [0.5, 0.6) is 11.9 Å². The van der Waals surface area contributed by atoms with Gasteiger partial charge in [0.1, 0.15) is 22.9 Å². The Bertz CT molecular complexity index is 1060. The van der Waals surface area contributed by atoms with Crippen molar-refractivity contribution in [1.82, 2.24) is 19.9 Å². The SMILES string of the molecule is COc1nc(C)c(F)c2nc(OC(O)O)nc(N3CCCOC4CC43)c12.FC1CC2CCCN2C1. The number of aliphatic hydroxyl groups is 2. The summed E-state index contributed by atoms with van der Waals surface area (Å²) in [7, 11) is 1.44. The van der Waals surface area contributed by atoms with Gasteiger partial charge in [-0.3, -0.25) is 4.90 Å². The highest BCUT2D eigenvalue weighted by Gasteiger charge is 2.46. The van der Waals surface area contributed by atoms with Gasteiger partial charge in [-0.05, 0) is 45.6 Å². The van der Waals surface area contributed by atoms with Crippen molar-refractivity contribution in [3.63, 3.8) is 0 Å². The minimum Gasteiger partial charge on any atom is -0.480 e. The van der Waals surface area contributed by atoms with Gasteiger partial charge in [0, 0.05) is 25.7 Å². The zero-order valence-electron chi connectivity index (χ0n) is 19.9. The third kappa shape index (κ3) is 4.97. The number of rotatable bonds is 4. The number of hydrogen-bond acceptors (Lipinski definition) is 10. The molecule has 4 atom stereocenters. The van der Waals surface area contributed by atoms with Crippen LogP contribution in [0.2, 0.25) is 0 Å². The molecule has 2 aromatic heterocycles. The molecule has 1 saturated carbocycles. The smallest absolute Gasteiger partial charge is 0.323 e. The van der Waals surface area contributed by atoms with E-state index in [1.54, 1.807) is 0 Å². The number of fused-ring (bicyclic) bond motifs is 3. The van der Waals surface area contributed by atoms with E-state index in [0.717, 1.165) is 25.8 Å². The van der Waals surface area contributed by atoms with Crippen LogP contribution in [0.4, 0.5) is 14.6 Å². The standard InChI is InChI=1S/C16H19FN4O5.C7H12FN/c1-7-11(17)12-10(14(18-7)24-2)13(20-15(19-12)26-16(22)23)21-4-3-5-25-9-6-8(9)21;8-6-4-7-2-1-3-9(7)5-6/h8-9,16,22-23H,3-6H2,1-2H3;6-7H,1-5H2. The molecule has 12 heteroatoms. The van der Waals surface area contributed by atoms with E-state index >= 15 is 0 Å². The van der Waals surface area contributed by atoms with Crippen LogP contribution in [0, 0.1) is 12.7 Å². The summed E-state index contributed by atoms with van der Waals surface area (Å²) in [6.45, 7) is 2.52. The summed E-state index contributed by atoms with van der Waals surface area (Å²) in [5.41, 5.74) is 0.0651. The molecule has 3 saturated heterocycles. The van der Waals surface area contributed by atoms with E-state index in [4.69, 9.17) is 24.4 Å². The highest BCUT2D eigenvalue weighted by atomic mass is 19.1. The number of hydrogen-bond donors (Lipinski definition) is 2. The molecule has 0 spiro atoms. The molecular weight excluding hydrogens is 464 g/mol. The van der Waals surface area contributed by atoms with Crippen LogP contribution in [-0.4, -0.2) is 94.3 Å². The van der Waals surface area contributed by atoms with Crippen molar-refractivity contribution in [3.8, 4) is 11.9 Å². The van der Waals surface area contributed by atoms with E-state index in [-0.39, 0.29) is 35.2 Å². The predicted molar refractivity (Wildman–Crippen MR) is 122 cm³/mol. The minimum atomic E-state index is -2.12. The zero-order chi connectivity index (χ0) is 24.7. The number of methoxy groups -OCH3 is 1. The first-order valence-corrected chi connectivity index (χ1v) is 12.1. The minimum absolute atomic E-state index is 0.0441. The molecule has 1 aliphatic carbocycles. The fourth-order valence-electron chi connectivity index (χ4n) is 5.31. The number of pyridine rings is 1. The summed E-state index contributed by atoms with van der Waals surface area (Å²) < 4.78 is 43.2. The predicted octanol–water partition coefficient (Wildman–Crippen LogP) is 1.69. The zero-order valence-corrected chi connectivity index (χ0v) is 19.9. The van der Waals surface area contributed by atoms with Crippen LogP contribution in [0.15, 0.2) is 0 Å². The largest absolute Gasteiger partial charge is 0.480 e. The number of anilines is 1. The summed E-state index contributed by atoms with van der Waals surface area (Å²) in [6.07, 6.45) is 4.54. The first kappa shape index (κ1) is 24.3. The number of aromatic nitrogens is 3. The number of ether oxygens (including phenoxy) is 3. The monoisotopic (exact) mass is 495 g/mol. The Balaban J connectivity index is 0.000000234. The molecule has 4 fully saturated rings. The second-order valence-electron chi connectivity index (χ2n) is 9.40. The number of aryl methyl sites for hydroxylation is 1. The Kier molecular flexibility index (Phi) is 6.88. The van der Waals surface area contributed by atoms with E-state index in [0.29, 0.717) is 36.9 Å². The third-order valence-corrected chi connectivity index (χ3v) is 6.99. The Hall–Kier alpha value is -2.41. The molecule has 3 aliphatic heterocycles. The van der Waals surface area contributed by atoms with Gasteiger partial charge in [-0.2, -0.15) is 9.97 Å². The molecule has 6 rings (SSSR count). The van der Waals surface area contributed by atoms with Crippen molar-refractivity contribution >= 4 is 16.7 Å². The van der Waals surface area contributed by atoms with Gasteiger partial charge < -0.3 is 29.3 Å². The summed E-state index contributed by atoms with van der Waals surface area (Å²) in [4.78, 5) is 16.7. The van der Waals surface area contributed by atoms with Crippen LogP contribution >= 0.6 is 0 Å². The number of nitrogens with zero attached hydrogens (tertiary/aromatic N) is 5. The maximum absolute atomic E-state index is 14.7. The van der Waals surface area contributed by atoms with Crippen molar-refractivity contribution in [1.29, 1.82) is 0 Å². The second-order valence-corrected chi connectivity index (χ2v) is 9.40. The molecule has 4 unspecified atom stereocenters. The lowest BCUT2D eigenvalue weighted by atomic mass is 10.1. The number of aliphatic hydroxyl groups excluding tert-OH is 1. The molecule has 5 heterocycles. The molecule has 35 heavy (non-hydrogen) atoms. The lowest BCUT2D eigenvalue weighted by Gasteiger charge is -2.24. The number of halogens is 2. The maximum Gasteiger partial charge on any atom is 0.323 e. The lowest BCUT2D eigenvalue weighted by molar-refractivity contribution is -0.183. The molecule has 4 aliphatic rings. The van der Waals surface area contributed by atoms with Crippen LogP contribution in [0.3, 0.4) is 0 Å². The topological polar surface area (TPSA) is 113 Å². The summed E-state index contributed by atoms with van der Waals surface area (Å²) in [5.74, 6) is -0.0561. The van der Waals surface area contributed by atoms with Gasteiger partial charge in [0.05, 0.1) is 24.9 Å². The van der Waals surface area contributed by atoms with Crippen molar-refractivity contribution < 1.29 is 33.2 Å². The van der Waals surface area contributed by atoms with E-state index in [1.165, 1.54) is 26.9 Å². The van der Waals surface area contributed by atoms with Crippen LogP contribution < -0.4 is 14.4 Å². The van der Waals surface area contributed by atoms with Crippen molar-refractivity contribution in [2.24, 2.45) is 0 Å². The van der Waals surface area contributed by atoms with Gasteiger partial charge in [0.15, 0.2) is 5.82 Å². The normalized spacial score (nSPS) is 27.8. The van der Waals surface area contributed by atoms with E-state index < -0.39 is 18.5 Å². The van der Waals surface area contributed by atoms with Gasteiger partial charge in [-0.1, -0.05) is 0 Å². The fraction of sp³-hybridized carbons (Fsp3) is 0.696. The molecule has 192 valence electrons. The summed E-state index contributed by atoms with van der Waals surface area (Å²) >= 11 is 0. The van der Waals surface area contributed by atoms with E-state index in [1.807, 2.05) is 4.90 Å². The van der Waals surface area contributed by atoms with Gasteiger partial charge in [-0.15, -0.1) is 0 Å². The Labute approximate surface area is 201 Å². The molecule has 10 nitrogen and oxygen atoms in total. The Morgan fingerprint density at radius 1 is 1.14 bits per heavy atom. The highest BCUT2D eigenvalue weighted by molar-refractivity contribution is 5.95. The average molecular weight is 496 g/mol. The fourth-order valence-corrected chi connectivity index (χ4v) is 5.31. The average Bonchev–Trinajstić information content (AvgIpc) is 3.36. The van der Waals surface area contributed by atoms with Crippen molar-refractivity contribution in [2.45, 2.75) is 69.9 Å². The Morgan fingerprint density at radius 3 is 2.71 bits per heavy atom. The lowest BCUT2D eigenvalue weighted by Crippen LogP contribution is -2.29. The highest BCUT2D eigenvalue weighted by Crippen LogP contribution is 2.42. The van der Waals surface area contributed by atoms with Crippen LogP contribution in [-0.2, 0) is 4.74 Å². The van der Waals surface area contributed by atoms with E-state index in [9.17, 15) is 8.78 Å². The molecular formula is C23H31F2N5O5. The van der Waals surface area contributed by atoms with Crippen molar-refractivity contribution in [3.05, 3.63) is 11.5 Å². The Morgan fingerprint density at radius 2 is 1.97 bits per heavy atom.